The Morgan fingerprint density at radius 3 is 2.70 bits per heavy atom. The number of hydrogen-bond acceptors (Lipinski definition) is 5. The van der Waals surface area contributed by atoms with Crippen molar-refractivity contribution in [3.05, 3.63) is 69.3 Å². The number of anilines is 1. The van der Waals surface area contributed by atoms with E-state index in [1.807, 2.05) is 12.1 Å². The maximum absolute atomic E-state index is 12.6. The SMILES string of the molecule is Nc1ccc2c(c1)CCNC2C(=O)Cc1ccc([N+](=O)[O-])cc1. The molecule has 3 N–H and O–H groups in total. The van der Waals surface area contributed by atoms with Crippen molar-refractivity contribution >= 4 is 17.2 Å². The summed E-state index contributed by atoms with van der Waals surface area (Å²) in [6.07, 6.45) is 1.08. The summed E-state index contributed by atoms with van der Waals surface area (Å²) in [6, 6.07) is 11.4. The molecule has 0 saturated heterocycles. The zero-order valence-corrected chi connectivity index (χ0v) is 12.5. The number of nitro benzene ring substituents is 1. The number of nitrogens with zero attached hydrogens (tertiary/aromatic N) is 1. The minimum absolute atomic E-state index is 0.0258. The van der Waals surface area contributed by atoms with Crippen LogP contribution in [0.4, 0.5) is 11.4 Å². The van der Waals surface area contributed by atoms with E-state index in [9.17, 15) is 14.9 Å². The Balaban J connectivity index is 1.78. The number of hydrogen-bond donors (Lipinski definition) is 2. The molecule has 0 amide bonds. The van der Waals surface area contributed by atoms with Gasteiger partial charge in [-0.15, -0.1) is 0 Å². The number of Topliss-reactive ketones (excluding diaryl/α,β-unsaturated/α-hetero) is 1. The van der Waals surface area contributed by atoms with Crippen LogP contribution in [0.3, 0.4) is 0 Å². The molecule has 0 aliphatic carbocycles. The second kappa shape index (κ2) is 6.18. The number of carbonyl (C=O) groups excluding carboxylic acids is 1. The minimum Gasteiger partial charge on any atom is -0.399 e. The van der Waals surface area contributed by atoms with Gasteiger partial charge in [-0.05, 0) is 35.2 Å². The fourth-order valence-corrected chi connectivity index (χ4v) is 2.91. The Labute approximate surface area is 133 Å². The third-order valence-electron chi connectivity index (χ3n) is 4.07. The van der Waals surface area contributed by atoms with Gasteiger partial charge < -0.3 is 11.1 Å². The van der Waals surface area contributed by atoms with Crippen molar-refractivity contribution in [2.24, 2.45) is 0 Å². The third-order valence-corrected chi connectivity index (χ3v) is 4.07. The molecular weight excluding hydrogens is 294 g/mol. The third kappa shape index (κ3) is 3.22. The summed E-state index contributed by atoms with van der Waals surface area (Å²) in [5.74, 6) is 0.0459. The molecule has 1 heterocycles. The number of rotatable bonds is 4. The number of ketones is 1. The van der Waals surface area contributed by atoms with Crippen molar-refractivity contribution in [1.29, 1.82) is 0 Å². The van der Waals surface area contributed by atoms with Crippen LogP contribution in [0.15, 0.2) is 42.5 Å². The van der Waals surface area contributed by atoms with E-state index >= 15 is 0 Å². The lowest BCUT2D eigenvalue weighted by atomic mass is 9.89. The van der Waals surface area contributed by atoms with Crippen molar-refractivity contribution in [3.63, 3.8) is 0 Å². The molecule has 0 fully saturated rings. The molecule has 2 aromatic rings. The minimum atomic E-state index is -0.449. The van der Waals surface area contributed by atoms with Gasteiger partial charge in [0.25, 0.3) is 5.69 Å². The van der Waals surface area contributed by atoms with Gasteiger partial charge >= 0.3 is 0 Å². The predicted octanol–water partition coefficient (Wildman–Crippen LogP) is 2.18. The molecule has 0 saturated carbocycles. The lowest BCUT2D eigenvalue weighted by molar-refractivity contribution is -0.384. The summed E-state index contributed by atoms with van der Waals surface area (Å²) in [6.45, 7) is 0.729. The van der Waals surface area contributed by atoms with Crippen LogP contribution >= 0.6 is 0 Å². The smallest absolute Gasteiger partial charge is 0.269 e. The average Bonchev–Trinajstić information content (AvgIpc) is 2.54. The first kappa shape index (κ1) is 15.2. The molecule has 23 heavy (non-hydrogen) atoms. The molecule has 1 aliphatic rings. The summed E-state index contributed by atoms with van der Waals surface area (Å²) in [4.78, 5) is 22.8. The molecule has 2 aromatic carbocycles. The van der Waals surface area contributed by atoms with Crippen molar-refractivity contribution in [1.82, 2.24) is 5.32 Å². The lowest BCUT2D eigenvalue weighted by Crippen LogP contribution is -2.36. The van der Waals surface area contributed by atoms with Gasteiger partial charge in [0.15, 0.2) is 5.78 Å². The Morgan fingerprint density at radius 1 is 1.26 bits per heavy atom. The molecule has 0 radical (unpaired) electrons. The van der Waals surface area contributed by atoms with Gasteiger partial charge in [-0.1, -0.05) is 18.2 Å². The zero-order chi connectivity index (χ0) is 16.4. The molecule has 118 valence electrons. The van der Waals surface area contributed by atoms with Crippen molar-refractivity contribution in [3.8, 4) is 0 Å². The molecule has 1 aliphatic heterocycles. The fraction of sp³-hybridized carbons (Fsp3) is 0.235. The van der Waals surface area contributed by atoms with Gasteiger partial charge in [0.2, 0.25) is 0 Å². The van der Waals surface area contributed by atoms with E-state index < -0.39 is 4.92 Å². The van der Waals surface area contributed by atoms with Crippen LogP contribution in [0.5, 0.6) is 0 Å². The number of nitro groups is 1. The van der Waals surface area contributed by atoms with E-state index in [0.717, 1.165) is 29.7 Å². The van der Waals surface area contributed by atoms with Crippen LogP contribution in [-0.4, -0.2) is 17.3 Å². The highest BCUT2D eigenvalue weighted by molar-refractivity contribution is 5.88. The van der Waals surface area contributed by atoms with E-state index in [4.69, 9.17) is 5.73 Å². The number of nitrogens with one attached hydrogen (secondary N) is 1. The van der Waals surface area contributed by atoms with Crippen LogP contribution in [0.2, 0.25) is 0 Å². The van der Waals surface area contributed by atoms with Gasteiger partial charge in [-0.25, -0.2) is 0 Å². The molecule has 6 nitrogen and oxygen atoms in total. The monoisotopic (exact) mass is 311 g/mol. The molecule has 1 unspecified atom stereocenters. The average molecular weight is 311 g/mol. The predicted molar refractivity (Wildman–Crippen MR) is 87.1 cm³/mol. The standard InChI is InChI=1S/C17H17N3O3/c18-13-3-6-15-12(10-13)7-8-19-17(15)16(21)9-11-1-4-14(5-2-11)20(22)23/h1-6,10,17,19H,7-9,18H2. The lowest BCUT2D eigenvalue weighted by Gasteiger charge is -2.26. The second-order valence-corrected chi connectivity index (χ2v) is 5.66. The molecule has 6 heteroatoms. The van der Waals surface area contributed by atoms with Gasteiger partial charge in [-0.3, -0.25) is 14.9 Å². The summed E-state index contributed by atoms with van der Waals surface area (Å²) >= 11 is 0. The summed E-state index contributed by atoms with van der Waals surface area (Å²) in [7, 11) is 0. The maximum Gasteiger partial charge on any atom is 0.269 e. The first-order valence-electron chi connectivity index (χ1n) is 7.42. The normalized spacial score (nSPS) is 16.6. The highest BCUT2D eigenvalue weighted by Gasteiger charge is 2.26. The Hall–Kier alpha value is -2.73. The zero-order valence-electron chi connectivity index (χ0n) is 12.5. The van der Waals surface area contributed by atoms with E-state index in [0.29, 0.717) is 5.69 Å². The molecule has 3 rings (SSSR count). The van der Waals surface area contributed by atoms with Crippen molar-refractivity contribution in [2.75, 3.05) is 12.3 Å². The number of benzene rings is 2. The highest BCUT2D eigenvalue weighted by atomic mass is 16.6. The fourth-order valence-electron chi connectivity index (χ4n) is 2.91. The van der Waals surface area contributed by atoms with Crippen LogP contribution < -0.4 is 11.1 Å². The highest BCUT2D eigenvalue weighted by Crippen LogP contribution is 2.26. The molecular formula is C17H17N3O3. The molecule has 1 atom stereocenters. The number of nitrogen functional groups attached to an aromatic ring is 1. The Bertz CT molecular complexity index is 756. The van der Waals surface area contributed by atoms with Crippen molar-refractivity contribution < 1.29 is 9.72 Å². The van der Waals surface area contributed by atoms with E-state index in [1.165, 1.54) is 12.1 Å². The second-order valence-electron chi connectivity index (χ2n) is 5.66. The molecule has 0 aromatic heterocycles. The van der Waals surface area contributed by atoms with Crippen LogP contribution in [-0.2, 0) is 17.6 Å². The molecule has 0 spiro atoms. The number of nitrogens with two attached hydrogens (primary N) is 1. The van der Waals surface area contributed by atoms with Gasteiger partial charge in [0, 0.05) is 30.8 Å². The summed E-state index contributed by atoms with van der Waals surface area (Å²) < 4.78 is 0. The van der Waals surface area contributed by atoms with Crippen LogP contribution in [0.25, 0.3) is 0 Å². The maximum atomic E-state index is 12.6. The van der Waals surface area contributed by atoms with Crippen LogP contribution in [0.1, 0.15) is 22.7 Å². The van der Waals surface area contributed by atoms with Crippen molar-refractivity contribution in [2.45, 2.75) is 18.9 Å². The first-order valence-corrected chi connectivity index (χ1v) is 7.42. The Kier molecular flexibility index (Phi) is 4.08. The molecule has 0 bridgehead atoms. The van der Waals surface area contributed by atoms with Crippen LogP contribution in [0, 0.1) is 10.1 Å². The van der Waals surface area contributed by atoms with E-state index in [1.54, 1.807) is 18.2 Å². The summed E-state index contributed by atoms with van der Waals surface area (Å²) in [5, 5.41) is 13.9. The van der Waals surface area contributed by atoms with Gasteiger partial charge in [0.1, 0.15) is 0 Å². The Morgan fingerprint density at radius 2 is 2.00 bits per heavy atom. The first-order chi connectivity index (χ1) is 11.0. The number of fused-ring (bicyclic) bond motifs is 1. The number of carbonyl (C=O) groups is 1. The van der Waals surface area contributed by atoms with E-state index in [2.05, 4.69) is 5.32 Å². The van der Waals surface area contributed by atoms with E-state index in [-0.39, 0.29) is 23.9 Å². The quantitative estimate of drug-likeness (QED) is 0.512. The van der Waals surface area contributed by atoms with Gasteiger partial charge in [0.05, 0.1) is 11.0 Å². The number of non-ortho nitro benzene ring substituents is 1. The summed E-state index contributed by atoms with van der Waals surface area (Å²) in [5.41, 5.74) is 9.37. The topological polar surface area (TPSA) is 98.3 Å². The largest absolute Gasteiger partial charge is 0.399 e. The van der Waals surface area contributed by atoms with Gasteiger partial charge in [-0.2, -0.15) is 0 Å².